The predicted octanol–water partition coefficient (Wildman–Crippen LogP) is 8.90. The summed E-state index contributed by atoms with van der Waals surface area (Å²) in [7, 11) is 4.95. The van der Waals surface area contributed by atoms with Crippen LogP contribution in [0.15, 0.2) is 0 Å². The lowest BCUT2D eigenvalue weighted by atomic mass is 10.0. The fourth-order valence-electron chi connectivity index (χ4n) is 4.57. The first kappa shape index (κ1) is 27.0. The summed E-state index contributed by atoms with van der Waals surface area (Å²) in [5.74, 6) is 0. The molecule has 0 aliphatic rings. The molecule has 27 heavy (non-hydrogen) atoms. The number of unbranched alkanes of at least 4 members (excludes halogenated alkanes) is 15. The summed E-state index contributed by atoms with van der Waals surface area (Å²) in [6.07, 6.45) is 27.4. The molecule has 1 unspecified atom stereocenters. The molecule has 0 radical (unpaired) electrons. The minimum atomic E-state index is 0.874. The summed E-state index contributed by atoms with van der Waals surface area (Å²) in [6, 6.07) is 0.874. The van der Waals surface area contributed by atoms with Crippen molar-refractivity contribution in [3.8, 4) is 0 Å². The molecule has 0 aromatic carbocycles. The Hall–Kier alpha value is -0.0400. The van der Waals surface area contributed by atoms with Gasteiger partial charge in [0.25, 0.3) is 0 Å². The van der Waals surface area contributed by atoms with E-state index in [1.807, 2.05) is 0 Å². The molecule has 0 aliphatic carbocycles. The highest BCUT2D eigenvalue weighted by Gasteiger charge is 2.25. The quantitative estimate of drug-likeness (QED) is 0.137. The molecule has 0 saturated carbocycles. The second-order valence-corrected chi connectivity index (χ2v) is 9.66. The number of quaternary nitrogens is 1. The fraction of sp³-hybridized carbons (Fsp3) is 1.00. The fourth-order valence-corrected chi connectivity index (χ4v) is 4.57. The average molecular weight is 383 g/mol. The average Bonchev–Trinajstić information content (AvgIpc) is 2.65. The Bertz CT molecular complexity index is 284. The SMILES string of the molecule is CCCCCCCCCCCCCCCC[N+](C)(C)C(CC)CCCCC. The van der Waals surface area contributed by atoms with E-state index in [4.69, 9.17) is 0 Å². The molecule has 1 heteroatoms. The second kappa shape index (κ2) is 19.3. The van der Waals surface area contributed by atoms with Crippen molar-refractivity contribution in [2.75, 3.05) is 20.6 Å². The maximum absolute atomic E-state index is 2.47. The Labute approximate surface area is 174 Å². The lowest BCUT2D eigenvalue weighted by Gasteiger charge is -2.38. The zero-order chi connectivity index (χ0) is 20.2. The van der Waals surface area contributed by atoms with E-state index in [0.29, 0.717) is 0 Å². The van der Waals surface area contributed by atoms with Crippen LogP contribution in [0.2, 0.25) is 0 Å². The molecule has 0 rings (SSSR count). The molecule has 0 aliphatic heterocycles. The Morgan fingerprint density at radius 3 is 1.26 bits per heavy atom. The van der Waals surface area contributed by atoms with Crippen LogP contribution >= 0.6 is 0 Å². The van der Waals surface area contributed by atoms with E-state index in [-0.39, 0.29) is 0 Å². The van der Waals surface area contributed by atoms with Gasteiger partial charge in [0.1, 0.15) is 0 Å². The van der Waals surface area contributed by atoms with Crippen molar-refractivity contribution < 1.29 is 4.48 Å². The first-order chi connectivity index (χ1) is 13.1. The topological polar surface area (TPSA) is 0 Å². The van der Waals surface area contributed by atoms with Crippen LogP contribution in [0.4, 0.5) is 0 Å². The van der Waals surface area contributed by atoms with E-state index >= 15 is 0 Å². The van der Waals surface area contributed by atoms with Gasteiger partial charge in [-0.05, 0) is 32.1 Å². The number of hydrogen-bond acceptors (Lipinski definition) is 0. The van der Waals surface area contributed by atoms with Crippen molar-refractivity contribution in [1.29, 1.82) is 0 Å². The maximum Gasteiger partial charge on any atom is 0.0883 e. The lowest BCUT2D eigenvalue weighted by Crippen LogP contribution is -2.49. The first-order valence-corrected chi connectivity index (χ1v) is 12.9. The molecule has 0 spiro atoms. The monoisotopic (exact) mass is 382 g/mol. The van der Waals surface area contributed by atoms with Gasteiger partial charge in [0.15, 0.2) is 0 Å². The number of hydrogen-bond donors (Lipinski definition) is 0. The van der Waals surface area contributed by atoms with Gasteiger partial charge < -0.3 is 4.48 Å². The van der Waals surface area contributed by atoms with Crippen LogP contribution < -0.4 is 0 Å². The third-order valence-corrected chi connectivity index (χ3v) is 6.69. The van der Waals surface area contributed by atoms with Crippen molar-refractivity contribution in [3.63, 3.8) is 0 Å². The molecule has 0 aromatic rings. The van der Waals surface area contributed by atoms with Crippen LogP contribution in [0.3, 0.4) is 0 Å². The van der Waals surface area contributed by atoms with Gasteiger partial charge in [-0.15, -0.1) is 0 Å². The molecule has 0 N–H and O–H groups in total. The van der Waals surface area contributed by atoms with Gasteiger partial charge in [-0.25, -0.2) is 0 Å². The molecular weight excluding hydrogens is 326 g/mol. The Balaban J connectivity index is 3.48. The van der Waals surface area contributed by atoms with Gasteiger partial charge in [-0.2, -0.15) is 0 Å². The summed E-state index contributed by atoms with van der Waals surface area (Å²) in [5, 5.41) is 0. The Morgan fingerprint density at radius 1 is 0.481 bits per heavy atom. The van der Waals surface area contributed by atoms with Gasteiger partial charge in [0.2, 0.25) is 0 Å². The Morgan fingerprint density at radius 2 is 0.852 bits per heavy atom. The van der Waals surface area contributed by atoms with Gasteiger partial charge in [0, 0.05) is 0 Å². The largest absolute Gasteiger partial charge is 0.326 e. The number of rotatable bonds is 21. The first-order valence-electron chi connectivity index (χ1n) is 12.9. The summed E-state index contributed by atoms with van der Waals surface area (Å²) < 4.78 is 1.25. The van der Waals surface area contributed by atoms with Crippen LogP contribution in [0.25, 0.3) is 0 Å². The Kier molecular flexibility index (Phi) is 19.3. The molecule has 0 amide bonds. The van der Waals surface area contributed by atoms with E-state index in [1.54, 1.807) is 0 Å². The van der Waals surface area contributed by atoms with Crippen molar-refractivity contribution in [2.45, 2.75) is 149 Å². The molecule has 0 aromatic heterocycles. The molecule has 1 atom stereocenters. The van der Waals surface area contributed by atoms with Crippen molar-refractivity contribution in [2.24, 2.45) is 0 Å². The third kappa shape index (κ3) is 16.6. The molecule has 1 nitrogen and oxygen atoms in total. The van der Waals surface area contributed by atoms with Crippen LogP contribution in [0.5, 0.6) is 0 Å². The minimum absolute atomic E-state index is 0.874. The molecule has 0 saturated heterocycles. The van der Waals surface area contributed by atoms with Crippen molar-refractivity contribution in [1.82, 2.24) is 0 Å². The molecule has 164 valence electrons. The van der Waals surface area contributed by atoms with Gasteiger partial charge in [0.05, 0.1) is 26.7 Å². The van der Waals surface area contributed by atoms with Crippen LogP contribution in [0, 0.1) is 0 Å². The van der Waals surface area contributed by atoms with Gasteiger partial charge in [-0.1, -0.05) is 111 Å². The second-order valence-electron chi connectivity index (χ2n) is 9.66. The molecule has 0 bridgehead atoms. The molecule has 0 fully saturated rings. The highest BCUT2D eigenvalue weighted by atomic mass is 15.3. The van der Waals surface area contributed by atoms with Gasteiger partial charge in [-0.3, -0.25) is 0 Å². The molecule has 0 heterocycles. The summed E-state index contributed by atoms with van der Waals surface area (Å²) in [4.78, 5) is 0. The lowest BCUT2D eigenvalue weighted by molar-refractivity contribution is -0.915. The zero-order valence-corrected chi connectivity index (χ0v) is 20.2. The van der Waals surface area contributed by atoms with Crippen molar-refractivity contribution in [3.05, 3.63) is 0 Å². The molecular formula is C26H56N+. The minimum Gasteiger partial charge on any atom is -0.326 e. The standard InChI is InChI=1S/C26H56N/c1-6-9-11-12-13-14-15-16-17-18-19-20-21-23-25-27(4,5)26(8-3)24-22-10-7-2/h26H,6-25H2,1-5H3/q+1. The normalized spacial score (nSPS) is 13.2. The van der Waals surface area contributed by atoms with E-state index in [2.05, 4.69) is 34.9 Å². The maximum atomic E-state index is 2.47. The smallest absolute Gasteiger partial charge is 0.0883 e. The van der Waals surface area contributed by atoms with E-state index in [9.17, 15) is 0 Å². The van der Waals surface area contributed by atoms with E-state index in [0.717, 1.165) is 6.04 Å². The van der Waals surface area contributed by atoms with Crippen LogP contribution in [-0.4, -0.2) is 31.2 Å². The predicted molar refractivity (Wildman–Crippen MR) is 126 cm³/mol. The van der Waals surface area contributed by atoms with Crippen molar-refractivity contribution >= 4 is 0 Å². The van der Waals surface area contributed by atoms with Crippen LogP contribution in [0.1, 0.15) is 143 Å². The highest BCUT2D eigenvalue weighted by Crippen LogP contribution is 2.20. The van der Waals surface area contributed by atoms with E-state index in [1.165, 1.54) is 133 Å². The highest BCUT2D eigenvalue weighted by molar-refractivity contribution is 4.58. The zero-order valence-electron chi connectivity index (χ0n) is 20.2. The third-order valence-electron chi connectivity index (χ3n) is 6.69. The van der Waals surface area contributed by atoms with Gasteiger partial charge >= 0.3 is 0 Å². The summed E-state index contributed by atoms with van der Waals surface area (Å²) in [6.45, 7) is 8.39. The summed E-state index contributed by atoms with van der Waals surface area (Å²) >= 11 is 0. The van der Waals surface area contributed by atoms with E-state index < -0.39 is 0 Å². The van der Waals surface area contributed by atoms with Crippen LogP contribution in [-0.2, 0) is 0 Å². The summed E-state index contributed by atoms with van der Waals surface area (Å²) in [5.41, 5.74) is 0. The number of nitrogens with zero attached hydrogens (tertiary/aromatic N) is 1.